The number of amides is 6. The Hall–Kier alpha value is -5.04. The Bertz CT molecular complexity index is 1900. The van der Waals surface area contributed by atoms with Gasteiger partial charge < -0.3 is 35.2 Å². The fourth-order valence-corrected chi connectivity index (χ4v) is 7.97. The topological polar surface area (TPSA) is 213 Å². The Labute approximate surface area is 325 Å². The van der Waals surface area contributed by atoms with E-state index in [1.165, 1.54) is 29.2 Å². The maximum atomic E-state index is 14.5. The van der Waals surface area contributed by atoms with Crippen molar-refractivity contribution in [2.45, 2.75) is 94.1 Å². The van der Waals surface area contributed by atoms with E-state index in [4.69, 9.17) is 9.47 Å². The van der Waals surface area contributed by atoms with Crippen LogP contribution in [0, 0.1) is 11.7 Å². The second-order valence-electron chi connectivity index (χ2n) is 15.8. The highest BCUT2D eigenvalue weighted by Gasteiger charge is 2.62. The van der Waals surface area contributed by atoms with Crippen molar-refractivity contribution in [1.29, 1.82) is 0 Å². The number of carbonyl (C=O) groups is 6. The first-order valence-corrected chi connectivity index (χ1v) is 19.9. The highest BCUT2D eigenvalue weighted by molar-refractivity contribution is 7.91. The van der Waals surface area contributed by atoms with Crippen LogP contribution in [0.2, 0.25) is 0 Å². The van der Waals surface area contributed by atoms with Gasteiger partial charge in [0.25, 0.3) is 5.91 Å². The van der Waals surface area contributed by atoms with E-state index in [1.54, 1.807) is 32.9 Å². The number of carbonyl (C=O) groups excluding carboxylic acids is 6. The van der Waals surface area contributed by atoms with E-state index in [9.17, 15) is 41.6 Å². The van der Waals surface area contributed by atoms with E-state index < -0.39 is 98.7 Å². The number of halogens is 1. The predicted molar refractivity (Wildman–Crippen MR) is 199 cm³/mol. The molecule has 1 saturated heterocycles. The van der Waals surface area contributed by atoms with Crippen LogP contribution in [0.3, 0.4) is 0 Å². The molecule has 1 aromatic rings. The zero-order valence-electron chi connectivity index (χ0n) is 32.1. The first kappa shape index (κ1) is 42.1. The highest BCUT2D eigenvalue weighted by Crippen LogP contribution is 2.45. The standard InChI is InChI=1S/C37H50FN7O10S/c1-7-23-17-37(23,33(49)42-56(52,53)25-13-14-25)41-31(47)29-16-24(54-35(51)44-19-22-10-8-11-27(38)26(22)21-44)20-45(29)32(48)28(40-34(50)55-36(2,3)4)18-39-30(46)12-9-15-43(5)6/h7-12,23-25,28-29H,1,13-21H2,2-6H3,(H,39,46)(H,40,50)(H,41,47)(H,42,49)/t23-,24-,28+,29+,37-/m1/s1. The number of hydrogen-bond donors (Lipinski definition) is 4. The van der Waals surface area contributed by atoms with Crippen LogP contribution in [0.15, 0.2) is 43.0 Å². The van der Waals surface area contributed by atoms with E-state index in [0.717, 1.165) is 4.90 Å². The predicted octanol–water partition coefficient (Wildman–Crippen LogP) is 1.04. The van der Waals surface area contributed by atoms with Gasteiger partial charge in [-0.1, -0.05) is 24.3 Å². The minimum atomic E-state index is -3.98. The van der Waals surface area contributed by atoms with Gasteiger partial charge in [0.05, 0.1) is 18.3 Å². The molecule has 5 rings (SSSR count). The molecule has 4 aliphatic rings. The van der Waals surface area contributed by atoms with Crippen molar-refractivity contribution >= 4 is 45.8 Å². The normalized spacial score (nSPS) is 23.6. The molecule has 0 bridgehead atoms. The third-order valence-electron chi connectivity index (χ3n) is 9.76. The number of fused-ring (bicyclic) bond motifs is 1. The van der Waals surface area contributed by atoms with Crippen LogP contribution >= 0.6 is 0 Å². The van der Waals surface area contributed by atoms with Crippen molar-refractivity contribution < 1.29 is 51.0 Å². The average molecular weight is 804 g/mol. The number of ether oxygens (including phenoxy) is 2. The van der Waals surface area contributed by atoms with Gasteiger partial charge >= 0.3 is 12.2 Å². The molecule has 17 nitrogen and oxygen atoms in total. The molecule has 2 saturated carbocycles. The van der Waals surface area contributed by atoms with Gasteiger partial charge in [-0.05, 0) is 65.8 Å². The number of hydrogen-bond acceptors (Lipinski definition) is 11. The average Bonchev–Trinajstić information content (AvgIpc) is 3.99. The molecule has 2 heterocycles. The van der Waals surface area contributed by atoms with E-state index in [2.05, 4.69) is 27.3 Å². The number of likely N-dealkylation sites (N-methyl/N-ethyl adjacent to an activating group) is 1. The summed E-state index contributed by atoms with van der Waals surface area (Å²) in [5.74, 6) is -4.33. The SMILES string of the molecule is C=C[C@@H]1C[C@]1(NC(=O)[C@@H]1C[C@@H](OC(=O)N2Cc3cccc(F)c3C2)CN1C(=O)[C@H](CNC(=O)C=CCN(C)C)NC(=O)OC(C)(C)C)C(=O)NS(=O)(=O)C1CC1. The van der Waals surface area contributed by atoms with Gasteiger partial charge in [-0.3, -0.25) is 28.8 Å². The second kappa shape index (κ2) is 16.6. The molecular formula is C37H50FN7O10S. The van der Waals surface area contributed by atoms with Crippen molar-refractivity contribution in [2.24, 2.45) is 5.92 Å². The minimum absolute atomic E-state index is 0.0373. The Kier molecular flexibility index (Phi) is 12.5. The molecular weight excluding hydrogens is 754 g/mol. The zero-order chi connectivity index (χ0) is 41.2. The molecule has 3 fully saturated rings. The third kappa shape index (κ3) is 10.2. The number of rotatable bonds is 14. The van der Waals surface area contributed by atoms with Crippen molar-refractivity contribution in [3.63, 3.8) is 0 Å². The molecule has 56 heavy (non-hydrogen) atoms. The van der Waals surface area contributed by atoms with E-state index in [0.29, 0.717) is 30.5 Å². The second-order valence-corrected chi connectivity index (χ2v) is 17.7. The fraction of sp³-hybridized carbons (Fsp3) is 0.568. The van der Waals surface area contributed by atoms with Gasteiger partial charge in [0.2, 0.25) is 27.7 Å². The summed E-state index contributed by atoms with van der Waals surface area (Å²) < 4.78 is 53.0. The van der Waals surface area contributed by atoms with Gasteiger partial charge in [0, 0.05) is 43.6 Å². The monoisotopic (exact) mass is 803 g/mol. The Morgan fingerprint density at radius 2 is 1.84 bits per heavy atom. The lowest BCUT2D eigenvalue weighted by molar-refractivity contribution is -0.141. The quantitative estimate of drug-likeness (QED) is 0.154. The molecule has 6 amide bonds. The largest absolute Gasteiger partial charge is 0.444 e. The molecule has 0 unspecified atom stereocenters. The molecule has 4 N–H and O–H groups in total. The van der Waals surface area contributed by atoms with Gasteiger partial charge in [0.15, 0.2) is 0 Å². The highest BCUT2D eigenvalue weighted by atomic mass is 32.2. The molecule has 2 aliphatic carbocycles. The maximum absolute atomic E-state index is 14.5. The number of sulfonamides is 1. The number of nitrogens with zero attached hydrogens (tertiary/aromatic N) is 3. The molecule has 1 aromatic carbocycles. The first-order chi connectivity index (χ1) is 26.2. The number of likely N-dealkylation sites (tertiary alicyclic amines) is 1. The van der Waals surface area contributed by atoms with Crippen LogP contribution in [0.25, 0.3) is 0 Å². The minimum Gasteiger partial charge on any atom is -0.444 e. The van der Waals surface area contributed by atoms with Crippen LogP contribution < -0.4 is 20.7 Å². The van der Waals surface area contributed by atoms with E-state index >= 15 is 0 Å². The van der Waals surface area contributed by atoms with Crippen molar-refractivity contribution in [1.82, 2.24) is 35.4 Å². The lowest BCUT2D eigenvalue weighted by Gasteiger charge is -2.30. The summed E-state index contributed by atoms with van der Waals surface area (Å²) in [5.41, 5.74) is -1.70. The van der Waals surface area contributed by atoms with Crippen LogP contribution in [-0.4, -0.2) is 127 Å². The molecule has 5 atom stereocenters. The Morgan fingerprint density at radius 1 is 1.12 bits per heavy atom. The fourth-order valence-electron chi connectivity index (χ4n) is 6.60. The van der Waals surface area contributed by atoms with E-state index in [-0.39, 0.29) is 32.5 Å². The van der Waals surface area contributed by atoms with Crippen molar-refractivity contribution in [3.8, 4) is 0 Å². The lowest BCUT2D eigenvalue weighted by atomic mass is 10.1. The van der Waals surface area contributed by atoms with Crippen molar-refractivity contribution in [3.05, 3.63) is 60.0 Å². The smallest absolute Gasteiger partial charge is 0.410 e. The molecule has 19 heteroatoms. The van der Waals surface area contributed by atoms with E-state index in [1.807, 2.05) is 19.0 Å². The van der Waals surface area contributed by atoms with Gasteiger partial charge in [-0.15, -0.1) is 6.58 Å². The zero-order valence-corrected chi connectivity index (χ0v) is 32.9. The van der Waals surface area contributed by atoms with Crippen LogP contribution in [0.1, 0.15) is 57.6 Å². The summed E-state index contributed by atoms with van der Waals surface area (Å²) in [7, 11) is -0.363. The number of alkyl carbamates (subject to hydrolysis) is 1. The summed E-state index contributed by atoms with van der Waals surface area (Å²) in [6, 6.07) is 1.62. The van der Waals surface area contributed by atoms with Crippen LogP contribution in [0.4, 0.5) is 14.0 Å². The summed E-state index contributed by atoms with van der Waals surface area (Å²) >= 11 is 0. The first-order valence-electron chi connectivity index (χ1n) is 18.3. The Morgan fingerprint density at radius 3 is 2.45 bits per heavy atom. The maximum Gasteiger partial charge on any atom is 0.410 e. The summed E-state index contributed by atoms with van der Waals surface area (Å²) in [4.78, 5) is 85.2. The number of nitrogens with one attached hydrogen (secondary N) is 4. The van der Waals surface area contributed by atoms with Gasteiger partial charge in [0.1, 0.15) is 35.1 Å². The number of benzene rings is 1. The molecule has 0 radical (unpaired) electrons. The molecule has 306 valence electrons. The van der Waals surface area contributed by atoms with Crippen molar-refractivity contribution in [2.75, 3.05) is 33.7 Å². The van der Waals surface area contributed by atoms with Crippen LogP contribution in [0.5, 0.6) is 0 Å². The summed E-state index contributed by atoms with van der Waals surface area (Å²) in [6.45, 7) is 8.24. The molecule has 0 spiro atoms. The summed E-state index contributed by atoms with van der Waals surface area (Å²) in [5, 5.41) is 6.98. The molecule has 2 aliphatic heterocycles. The van der Waals surface area contributed by atoms with Crippen LogP contribution in [-0.2, 0) is 51.8 Å². The Balaban J connectivity index is 1.38. The lowest BCUT2D eigenvalue weighted by Crippen LogP contribution is -2.59. The van der Waals surface area contributed by atoms with Gasteiger partial charge in [-0.2, -0.15) is 0 Å². The third-order valence-corrected chi connectivity index (χ3v) is 11.6. The molecule has 0 aromatic heterocycles. The van der Waals surface area contributed by atoms with Gasteiger partial charge in [-0.25, -0.2) is 22.4 Å². The summed E-state index contributed by atoms with van der Waals surface area (Å²) in [6.07, 6.45) is 1.95.